The van der Waals surface area contributed by atoms with Crippen LogP contribution in [0.3, 0.4) is 0 Å². The molecule has 0 unspecified atom stereocenters. The highest BCUT2D eigenvalue weighted by molar-refractivity contribution is 5.95. The number of carbonyl (C=O) groups is 2. The minimum Gasteiger partial charge on any atom is -0.493 e. The Morgan fingerprint density at radius 1 is 1.00 bits per heavy atom. The molecule has 166 valence electrons. The van der Waals surface area contributed by atoms with Gasteiger partial charge in [0.05, 0.1) is 7.11 Å². The van der Waals surface area contributed by atoms with Gasteiger partial charge in [0, 0.05) is 37.7 Å². The number of nitrogens with zero attached hydrogens (tertiary/aromatic N) is 2. The molecule has 1 aliphatic rings. The van der Waals surface area contributed by atoms with Crippen LogP contribution in [-0.4, -0.2) is 54.9 Å². The highest BCUT2D eigenvalue weighted by Crippen LogP contribution is 2.30. The van der Waals surface area contributed by atoms with Crippen molar-refractivity contribution in [2.75, 3.05) is 33.3 Å². The average molecular weight is 425 g/mol. The maximum absolute atomic E-state index is 13.0. The molecule has 6 nitrogen and oxygen atoms in total. The van der Waals surface area contributed by atoms with E-state index in [4.69, 9.17) is 9.47 Å². The third kappa shape index (κ3) is 5.57. The first-order chi connectivity index (χ1) is 15.1. The number of carbonyl (C=O) groups excluding carboxylic acids is 2. The van der Waals surface area contributed by atoms with Crippen molar-refractivity contribution in [2.24, 2.45) is 5.92 Å². The zero-order chi connectivity index (χ0) is 22.2. The lowest BCUT2D eigenvalue weighted by molar-refractivity contribution is -0.136. The molecule has 1 fully saturated rings. The molecule has 2 amide bonds. The fourth-order valence-electron chi connectivity index (χ4n) is 3.96. The summed E-state index contributed by atoms with van der Waals surface area (Å²) in [6.45, 7) is 7.07. The van der Waals surface area contributed by atoms with Crippen LogP contribution in [0.2, 0.25) is 0 Å². The van der Waals surface area contributed by atoms with E-state index in [1.54, 1.807) is 25.3 Å². The third-order valence-corrected chi connectivity index (χ3v) is 5.85. The molecule has 6 heteroatoms. The van der Waals surface area contributed by atoms with Crippen LogP contribution < -0.4 is 9.47 Å². The summed E-state index contributed by atoms with van der Waals surface area (Å²) in [7, 11) is 1.57. The van der Waals surface area contributed by atoms with E-state index in [2.05, 4.69) is 0 Å². The maximum Gasteiger partial charge on any atom is 0.253 e. The minimum absolute atomic E-state index is 0.00671. The van der Waals surface area contributed by atoms with Crippen molar-refractivity contribution in [3.05, 3.63) is 59.7 Å². The normalized spacial score (nSPS) is 14.2. The van der Waals surface area contributed by atoms with Gasteiger partial charge in [-0.1, -0.05) is 30.3 Å². The van der Waals surface area contributed by atoms with Gasteiger partial charge in [0.25, 0.3) is 5.91 Å². The number of amides is 2. The molecule has 31 heavy (non-hydrogen) atoms. The number of methoxy groups -OCH3 is 1. The third-order valence-electron chi connectivity index (χ3n) is 5.85. The van der Waals surface area contributed by atoms with Gasteiger partial charge in [-0.25, -0.2) is 0 Å². The molecule has 1 saturated heterocycles. The summed E-state index contributed by atoms with van der Waals surface area (Å²) in [5, 5.41) is 0. The van der Waals surface area contributed by atoms with E-state index in [0.29, 0.717) is 49.6 Å². The predicted molar refractivity (Wildman–Crippen MR) is 120 cm³/mol. The van der Waals surface area contributed by atoms with Gasteiger partial charge in [0.1, 0.15) is 6.61 Å². The van der Waals surface area contributed by atoms with Crippen molar-refractivity contribution in [2.45, 2.75) is 33.3 Å². The lowest BCUT2D eigenvalue weighted by atomic mass is 9.94. The molecule has 1 heterocycles. The molecule has 0 spiro atoms. The van der Waals surface area contributed by atoms with Crippen LogP contribution in [0.5, 0.6) is 11.5 Å². The van der Waals surface area contributed by atoms with Crippen molar-refractivity contribution < 1.29 is 19.1 Å². The number of hydrogen-bond donors (Lipinski definition) is 0. The van der Waals surface area contributed by atoms with Gasteiger partial charge in [-0.05, 0) is 50.5 Å². The summed E-state index contributed by atoms with van der Waals surface area (Å²) in [6, 6.07) is 15.2. The molecule has 2 aromatic carbocycles. The number of rotatable bonds is 8. The highest BCUT2D eigenvalue weighted by atomic mass is 16.5. The van der Waals surface area contributed by atoms with E-state index < -0.39 is 0 Å². The summed E-state index contributed by atoms with van der Waals surface area (Å²) in [5.41, 5.74) is 1.63. The Morgan fingerprint density at radius 2 is 1.68 bits per heavy atom. The van der Waals surface area contributed by atoms with Gasteiger partial charge in [0.2, 0.25) is 5.91 Å². The molecule has 1 aliphatic heterocycles. The van der Waals surface area contributed by atoms with Crippen molar-refractivity contribution in [3.8, 4) is 11.5 Å². The lowest BCUT2D eigenvalue weighted by Gasteiger charge is -2.33. The fourth-order valence-corrected chi connectivity index (χ4v) is 3.96. The zero-order valence-corrected chi connectivity index (χ0v) is 18.7. The molecule has 0 radical (unpaired) electrons. The first-order valence-corrected chi connectivity index (χ1v) is 11.0. The topological polar surface area (TPSA) is 59.1 Å². The Labute approximate surface area is 184 Å². The quantitative estimate of drug-likeness (QED) is 0.643. The van der Waals surface area contributed by atoms with E-state index >= 15 is 0 Å². The zero-order valence-electron chi connectivity index (χ0n) is 18.7. The number of ether oxygens (including phenoxy) is 2. The van der Waals surface area contributed by atoms with Crippen LogP contribution in [0, 0.1) is 5.92 Å². The van der Waals surface area contributed by atoms with Gasteiger partial charge in [0.15, 0.2) is 11.5 Å². The second-order valence-corrected chi connectivity index (χ2v) is 7.72. The van der Waals surface area contributed by atoms with Crippen LogP contribution >= 0.6 is 0 Å². The monoisotopic (exact) mass is 424 g/mol. The first kappa shape index (κ1) is 22.7. The van der Waals surface area contributed by atoms with Gasteiger partial charge < -0.3 is 19.3 Å². The Morgan fingerprint density at radius 3 is 2.29 bits per heavy atom. The van der Waals surface area contributed by atoms with E-state index in [1.807, 2.05) is 54.0 Å². The second kappa shape index (κ2) is 10.8. The Kier molecular flexibility index (Phi) is 7.93. The van der Waals surface area contributed by atoms with Crippen LogP contribution in [0.1, 0.15) is 42.6 Å². The van der Waals surface area contributed by atoms with E-state index in [-0.39, 0.29) is 17.7 Å². The molecule has 0 aromatic heterocycles. The van der Waals surface area contributed by atoms with Crippen LogP contribution in [0.25, 0.3) is 0 Å². The fraction of sp³-hybridized carbons (Fsp3) is 0.440. The first-order valence-electron chi connectivity index (χ1n) is 11.0. The highest BCUT2D eigenvalue weighted by Gasteiger charge is 2.30. The van der Waals surface area contributed by atoms with Gasteiger partial charge in [-0.15, -0.1) is 0 Å². The summed E-state index contributed by atoms with van der Waals surface area (Å²) in [6.07, 6.45) is 1.41. The summed E-state index contributed by atoms with van der Waals surface area (Å²) in [4.78, 5) is 29.3. The smallest absolute Gasteiger partial charge is 0.253 e. The van der Waals surface area contributed by atoms with Gasteiger partial charge in [-0.3, -0.25) is 9.59 Å². The van der Waals surface area contributed by atoms with Crippen LogP contribution in [0.4, 0.5) is 0 Å². The largest absolute Gasteiger partial charge is 0.493 e. The predicted octanol–water partition coefficient (Wildman–Crippen LogP) is 3.99. The summed E-state index contributed by atoms with van der Waals surface area (Å²) < 4.78 is 11.4. The van der Waals surface area contributed by atoms with E-state index in [0.717, 1.165) is 18.7 Å². The Bertz CT molecular complexity index is 872. The van der Waals surface area contributed by atoms with Gasteiger partial charge in [-0.2, -0.15) is 0 Å². The van der Waals surface area contributed by atoms with E-state index in [9.17, 15) is 9.59 Å². The molecule has 0 N–H and O–H groups in total. The molecular formula is C25H32N2O4. The van der Waals surface area contributed by atoms with Crippen molar-refractivity contribution >= 4 is 11.8 Å². The number of benzene rings is 2. The summed E-state index contributed by atoms with van der Waals surface area (Å²) in [5.74, 6) is 1.31. The molecular weight excluding hydrogens is 392 g/mol. The number of hydrogen-bond acceptors (Lipinski definition) is 4. The SMILES string of the molecule is CCN(CC)C(=O)C1CCN(C(=O)c2ccc(OCc3ccccc3)c(OC)c2)CC1. The Hall–Kier alpha value is -3.02. The molecule has 0 aliphatic carbocycles. The van der Waals surface area contributed by atoms with E-state index in [1.165, 1.54) is 0 Å². The molecule has 3 rings (SSSR count). The average Bonchev–Trinajstić information content (AvgIpc) is 2.83. The molecule has 2 aromatic rings. The van der Waals surface area contributed by atoms with Crippen LogP contribution in [0.15, 0.2) is 48.5 Å². The minimum atomic E-state index is -0.0401. The molecule has 0 bridgehead atoms. The van der Waals surface area contributed by atoms with Crippen molar-refractivity contribution in [3.63, 3.8) is 0 Å². The standard InChI is InChI=1S/C25H32N2O4/c1-4-26(5-2)24(28)20-13-15-27(16-14-20)25(29)21-11-12-22(23(17-21)30-3)31-18-19-9-7-6-8-10-19/h6-12,17,20H,4-5,13-16,18H2,1-3H3. The van der Waals surface area contributed by atoms with Crippen molar-refractivity contribution in [1.29, 1.82) is 0 Å². The number of likely N-dealkylation sites (tertiary alicyclic amines) is 1. The molecule has 0 atom stereocenters. The maximum atomic E-state index is 13.0. The van der Waals surface area contributed by atoms with Crippen LogP contribution in [-0.2, 0) is 11.4 Å². The van der Waals surface area contributed by atoms with Gasteiger partial charge >= 0.3 is 0 Å². The molecule has 0 saturated carbocycles. The lowest BCUT2D eigenvalue weighted by Crippen LogP contribution is -2.44. The Balaban J connectivity index is 1.61. The summed E-state index contributed by atoms with van der Waals surface area (Å²) >= 11 is 0. The number of piperidine rings is 1. The van der Waals surface area contributed by atoms with Crippen molar-refractivity contribution in [1.82, 2.24) is 9.80 Å². The second-order valence-electron chi connectivity index (χ2n) is 7.72.